The molecule has 1 aromatic heterocycles. The van der Waals surface area contributed by atoms with Gasteiger partial charge in [0.25, 0.3) is 0 Å². The highest BCUT2D eigenvalue weighted by atomic mass is 32.2. The van der Waals surface area contributed by atoms with Gasteiger partial charge in [-0.15, -0.1) is 0 Å². The van der Waals surface area contributed by atoms with Crippen molar-refractivity contribution in [2.45, 2.75) is 57.3 Å². The number of aromatic nitrogens is 1. The quantitative estimate of drug-likeness (QED) is 0.761. The van der Waals surface area contributed by atoms with Crippen LogP contribution < -0.4 is 4.72 Å². The number of aliphatic hydroxyl groups is 1. The first kappa shape index (κ1) is 20.9. The highest BCUT2D eigenvalue weighted by Gasteiger charge is 2.34. The van der Waals surface area contributed by atoms with Crippen molar-refractivity contribution in [3.8, 4) is 0 Å². The molecule has 0 unspecified atom stereocenters. The van der Waals surface area contributed by atoms with Gasteiger partial charge in [-0.3, -0.25) is 0 Å². The summed E-state index contributed by atoms with van der Waals surface area (Å²) in [6.07, 6.45) is -1.07. The first-order valence-corrected chi connectivity index (χ1v) is 10.5. The molecule has 1 aromatic carbocycles. The van der Waals surface area contributed by atoms with Gasteiger partial charge in [0.1, 0.15) is 0 Å². The fourth-order valence-electron chi connectivity index (χ4n) is 3.46. The summed E-state index contributed by atoms with van der Waals surface area (Å²) in [6.45, 7) is 2.80. The van der Waals surface area contributed by atoms with Gasteiger partial charge in [0.05, 0.1) is 17.4 Å². The van der Waals surface area contributed by atoms with Crippen LogP contribution in [0.4, 0.5) is 13.2 Å². The zero-order chi connectivity index (χ0) is 20.7. The molecule has 154 valence electrons. The predicted molar refractivity (Wildman–Crippen MR) is 99.3 cm³/mol. The van der Waals surface area contributed by atoms with Crippen molar-refractivity contribution in [2.24, 2.45) is 0 Å². The van der Waals surface area contributed by atoms with Gasteiger partial charge in [0.2, 0.25) is 10.0 Å². The zero-order valence-corrected chi connectivity index (χ0v) is 16.4. The standard InChI is InChI=1S/C19H23F3N2O3S/c1-12(2)28(26,27)23-17-6-14-4-3-13(5-15(14)7-17)8-24-9-16(11-25)18(10-24)19(20,21)22/h3-5,9-10,12,17,23,25H,6-8,11H2,1-2H3/t17-/m0/s1. The molecule has 5 nitrogen and oxygen atoms in total. The maximum Gasteiger partial charge on any atom is 0.418 e. The van der Waals surface area contributed by atoms with Gasteiger partial charge >= 0.3 is 6.18 Å². The third-order valence-corrected chi connectivity index (χ3v) is 6.86. The highest BCUT2D eigenvalue weighted by molar-refractivity contribution is 7.90. The lowest BCUT2D eigenvalue weighted by atomic mass is 10.1. The van der Waals surface area contributed by atoms with Gasteiger partial charge in [-0.25, -0.2) is 13.1 Å². The van der Waals surface area contributed by atoms with Crippen molar-refractivity contribution >= 4 is 10.0 Å². The average molecular weight is 416 g/mol. The van der Waals surface area contributed by atoms with Crippen LogP contribution in [-0.2, 0) is 42.2 Å². The third kappa shape index (κ3) is 4.42. The number of alkyl halides is 3. The molecule has 1 heterocycles. The number of aliphatic hydroxyl groups excluding tert-OH is 1. The van der Waals surface area contributed by atoms with Crippen LogP contribution in [0.5, 0.6) is 0 Å². The van der Waals surface area contributed by atoms with Gasteiger partial charge in [-0.1, -0.05) is 18.2 Å². The van der Waals surface area contributed by atoms with Crippen LogP contribution in [-0.4, -0.2) is 29.4 Å². The Hall–Kier alpha value is -1.84. The highest BCUT2D eigenvalue weighted by Crippen LogP contribution is 2.33. The van der Waals surface area contributed by atoms with Crippen LogP contribution in [0.15, 0.2) is 30.6 Å². The molecule has 0 radical (unpaired) electrons. The minimum atomic E-state index is -4.51. The summed E-state index contributed by atoms with van der Waals surface area (Å²) in [4.78, 5) is 0. The maximum atomic E-state index is 13.0. The van der Waals surface area contributed by atoms with Crippen molar-refractivity contribution in [1.29, 1.82) is 0 Å². The number of halogens is 3. The molecule has 0 amide bonds. The Labute approximate surface area is 162 Å². The van der Waals surface area contributed by atoms with Crippen LogP contribution in [0.1, 0.15) is 41.7 Å². The number of hydrogen-bond acceptors (Lipinski definition) is 3. The summed E-state index contributed by atoms with van der Waals surface area (Å²) in [5.41, 5.74) is 1.87. The molecule has 3 rings (SSSR count). The monoisotopic (exact) mass is 416 g/mol. The van der Waals surface area contributed by atoms with Crippen LogP contribution >= 0.6 is 0 Å². The molecule has 1 aliphatic carbocycles. The van der Waals surface area contributed by atoms with Gasteiger partial charge in [-0.05, 0) is 43.4 Å². The molecule has 2 aromatic rings. The summed E-state index contributed by atoms with van der Waals surface area (Å²) in [6, 6.07) is 5.44. The van der Waals surface area contributed by atoms with Crippen LogP contribution in [0.3, 0.4) is 0 Å². The maximum absolute atomic E-state index is 13.0. The van der Waals surface area contributed by atoms with Gasteiger partial charge < -0.3 is 9.67 Å². The molecule has 2 N–H and O–H groups in total. The topological polar surface area (TPSA) is 71.3 Å². The average Bonchev–Trinajstić information content (AvgIpc) is 3.16. The lowest BCUT2D eigenvalue weighted by molar-refractivity contribution is -0.138. The summed E-state index contributed by atoms with van der Waals surface area (Å²) in [5, 5.41) is 8.67. The van der Waals surface area contributed by atoms with Gasteiger partial charge in [0, 0.05) is 30.5 Å². The molecule has 28 heavy (non-hydrogen) atoms. The minimum Gasteiger partial charge on any atom is -0.392 e. The Bertz CT molecular complexity index is 965. The van der Waals surface area contributed by atoms with E-state index >= 15 is 0 Å². The summed E-state index contributed by atoms with van der Waals surface area (Å²) in [7, 11) is -3.36. The lowest BCUT2D eigenvalue weighted by Crippen LogP contribution is -2.39. The Morgan fingerprint density at radius 1 is 1.21 bits per heavy atom. The van der Waals surface area contributed by atoms with E-state index < -0.39 is 33.6 Å². The van der Waals surface area contributed by atoms with Crippen molar-refractivity contribution in [1.82, 2.24) is 9.29 Å². The van der Waals surface area contributed by atoms with Gasteiger partial charge in [-0.2, -0.15) is 13.2 Å². The molecule has 0 saturated carbocycles. The predicted octanol–water partition coefficient (Wildman–Crippen LogP) is 2.84. The van der Waals surface area contributed by atoms with Crippen molar-refractivity contribution in [3.63, 3.8) is 0 Å². The Morgan fingerprint density at radius 3 is 2.46 bits per heavy atom. The summed E-state index contributed by atoms with van der Waals surface area (Å²) < 4.78 is 67.3. The molecule has 1 aliphatic rings. The van der Waals surface area contributed by atoms with E-state index in [0.29, 0.717) is 12.8 Å². The second-order valence-electron chi connectivity index (χ2n) is 7.45. The minimum absolute atomic E-state index is 0.156. The molecule has 0 saturated heterocycles. The molecular weight excluding hydrogens is 393 g/mol. The molecule has 9 heteroatoms. The van der Waals surface area contributed by atoms with E-state index in [0.717, 1.165) is 22.9 Å². The number of hydrogen-bond donors (Lipinski definition) is 2. The molecule has 1 atom stereocenters. The second-order valence-corrected chi connectivity index (χ2v) is 9.71. The number of benzene rings is 1. The number of nitrogens with one attached hydrogen (secondary N) is 1. The number of nitrogens with zero attached hydrogens (tertiary/aromatic N) is 1. The van der Waals surface area contributed by atoms with E-state index in [1.807, 2.05) is 18.2 Å². The Morgan fingerprint density at radius 2 is 1.89 bits per heavy atom. The number of rotatable bonds is 6. The smallest absolute Gasteiger partial charge is 0.392 e. The van der Waals surface area contributed by atoms with Crippen LogP contribution in [0.25, 0.3) is 0 Å². The van der Waals surface area contributed by atoms with E-state index in [4.69, 9.17) is 0 Å². The van der Waals surface area contributed by atoms with Crippen LogP contribution in [0, 0.1) is 0 Å². The number of fused-ring (bicyclic) bond motifs is 1. The lowest BCUT2D eigenvalue weighted by Gasteiger charge is -2.14. The van der Waals surface area contributed by atoms with E-state index in [1.54, 1.807) is 13.8 Å². The Kier molecular flexibility index (Phi) is 5.62. The molecule has 0 bridgehead atoms. The normalized spacial score (nSPS) is 17.3. The summed E-state index contributed by atoms with van der Waals surface area (Å²) in [5.74, 6) is 0. The first-order chi connectivity index (χ1) is 13.0. The SMILES string of the molecule is CC(C)S(=O)(=O)N[C@H]1Cc2ccc(Cn3cc(CO)c(C(F)(F)F)c3)cc2C1. The fourth-order valence-corrected chi connectivity index (χ4v) is 4.36. The van der Waals surface area contributed by atoms with E-state index in [1.165, 1.54) is 10.8 Å². The Balaban J connectivity index is 1.75. The number of sulfonamides is 1. The first-order valence-electron chi connectivity index (χ1n) is 8.98. The molecular formula is C19H23F3N2O3S. The molecule has 0 aliphatic heterocycles. The van der Waals surface area contributed by atoms with Crippen molar-refractivity contribution < 1.29 is 26.7 Å². The second kappa shape index (κ2) is 7.53. The van der Waals surface area contributed by atoms with Gasteiger partial charge in [0.15, 0.2) is 0 Å². The fraction of sp³-hybridized carbons (Fsp3) is 0.474. The van der Waals surface area contributed by atoms with Crippen molar-refractivity contribution in [3.05, 3.63) is 58.4 Å². The van der Waals surface area contributed by atoms with E-state index in [2.05, 4.69) is 4.72 Å². The largest absolute Gasteiger partial charge is 0.418 e. The zero-order valence-electron chi connectivity index (χ0n) is 15.6. The summed E-state index contributed by atoms with van der Waals surface area (Å²) >= 11 is 0. The van der Waals surface area contributed by atoms with E-state index in [-0.39, 0.29) is 18.2 Å². The third-order valence-electron chi connectivity index (χ3n) is 4.96. The van der Waals surface area contributed by atoms with Crippen molar-refractivity contribution in [2.75, 3.05) is 0 Å². The van der Waals surface area contributed by atoms with E-state index in [9.17, 15) is 26.7 Å². The molecule has 0 fully saturated rings. The van der Waals surface area contributed by atoms with Crippen LogP contribution in [0.2, 0.25) is 0 Å². The molecule has 0 spiro atoms.